The van der Waals surface area contributed by atoms with Gasteiger partial charge >= 0.3 is 12.1 Å². The van der Waals surface area contributed by atoms with Crippen LogP contribution in [0.1, 0.15) is 94.7 Å². The molecule has 11 heteroatoms. The number of aryl methyl sites for hydroxylation is 1. The van der Waals surface area contributed by atoms with Crippen molar-refractivity contribution in [1.82, 2.24) is 10.3 Å². The number of aromatic nitrogens is 1. The van der Waals surface area contributed by atoms with Crippen molar-refractivity contribution >= 4 is 34.4 Å². The molecule has 1 aliphatic carbocycles. The maximum absolute atomic E-state index is 13.6. The number of fused-ring (bicyclic) bond motifs is 1. The molecule has 0 spiro atoms. The van der Waals surface area contributed by atoms with Gasteiger partial charge in [-0.15, -0.1) is 0 Å². The largest absolute Gasteiger partial charge is 0.461 e. The quantitative estimate of drug-likeness (QED) is 0.0362. The van der Waals surface area contributed by atoms with Crippen molar-refractivity contribution in [2.45, 2.75) is 115 Å². The number of carbonyl (C=O) groups is 3. The molecule has 6 atom stereocenters. The van der Waals surface area contributed by atoms with Crippen molar-refractivity contribution in [2.24, 2.45) is 11.8 Å². The summed E-state index contributed by atoms with van der Waals surface area (Å²) in [6, 6.07) is 24.7. The van der Waals surface area contributed by atoms with E-state index in [4.69, 9.17) is 9.47 Å². The van der Waals surface area contributed by atoms with E-state index in [-0.39, 0.29) is 43.3 Å². The van der Waals surface area contributed by atoms with Crippen molar-refractivity contribution in [3.63, 3.8) is 0 Å². The van der Waals surface area contributed by atoms with Crippen molar-refractivity contribution in [3.8, 4) is 0 Å². The number of alkyl carbamates (subject to hydrolysis) is 1. The number of aliphatic hydroxyl groups excluding tert-OH is 3. The lowest BCUT2D eigenvalue weighted by molar-refractivity contribution is -0.145. The summed E-state index contributed by atoms with van der Waals surface area (Å²) in [4.78, 5) is 42.8. The molecule has 0 bridgehead atoms. The Hall–Kier alpha value is -5.10. The van der Waals surface area contributed by atoms with Crippen LogP contribution in [-0.4, -0.2) is 68.7 Å². The molecule has 0 radical (unpaired) electrons. The van der Waals surface area contributed by atoms with Gasteiger partial charge in [-0.25, -0.2) is 4.79 Å². The number of anilines is 1. The van der Waals surface area contributed by atoms with Gasteiger partial charge in [0.15, 0.2) is 0 Å². The fraction of sp³-hybridized carbons (Fsp3) is 0.447. The summed E-state index contributed by atoms with van der Waals surface area (Å²) in [6.45, 7) is 5.39. The number of allylic oxidation sites excluding steroid dienone is 2. The highest BCUT2D eigenvalue weighted by atomic mass is 16.6. The third-order valence-electron chi connectivity index (χ3n) is 10.6. The first-order valence-corrected chi connectivity index (χ1v) is 20.4. The SMILES string of the molecule is CC(C)(C)OC(=O)NCC(C(=O)Nc1ccc2cnccc2c1)c1ccc(COC(=O)CCCC=CC[C@@H]2[C@@H](CCC(O)CCc3ccccc3)[C@H](O)C[C@@H]2O)cc1. The van der Waals surface area contributed by atoms with Gasteiger partial charge in [-0.2, -0.15) is 0 Å². The van der Waals surface area contributed by atoms with Crippen LogP contribution in [0.25, 0.3) is 10.8 Å². The van der Waals surface area contributed by atoms with Gasteiger partial charge in [-0.3, -0.25) is 14.6 Å². The molecule has 2 unspecified atom stereocenters. The molecule has 3 aromatic carbocycles. The van der Waals surface area contributed by atoms with E-state index in [0.29, 0.717) is 56.2 Å². The van der Waals surface area contributed by atoms with E-state index in [2.05, 4.69) is 27.8 Å². The molecule has 4 aromatic rings. The molecular weight excluding hydrogens is 735 g/mol. The Kier molecular flexibility index (Phi) is 16.4. The molecule has 0 saturated heterocycles. The third kappa shape index (κ3) is 14.1. The second-order valence-corrected chi connectivity index (χ2v) is 16.3. The molecule has 11 nitrogen and oxygen atoms in total. The number of unbranched alkanes of at least 4 members (excludes halogenated alkanes) is 1. The maximum Gasteiger partial charge on any atom is 0.407 e. The van der Waals surface area contributed by atoms with Crippen molar-refractivity contribution in [3.05, 3.63) is 120 Å². The summed E-state index contributed by atoms with van der Waals surface area (Å²) in [5.74, 6) is -1.50. The summed E-state index contributed by atoms with van der Waals surface area (Å²) >= 11 is 0. The Labute approximate surface area is 341 Å². The molecule has 5 N–H and O–H groups in total. The number of pyridine rings is 1. The van der Waals surface area contributed by atoms with Crippen LogP contribution < -0.4 is 10.6 Å². The molecule has 1 heterocycles. The van der Waals surface area contributed by atoms with Gasteiger partial charge in [-0.1, -0.05) is 72.8 Å². The summed E-state index contributed by atoms with van der Waals surface area (Å²) in [6.07, 6.45) is 10.5. The van der Waals surface area contributed by atoms with Crippen LogP contribution >= 0.6 is 0 Å². The van der Waals surface area contributed by atoms with Crippen LogP contribution in [0.5, 0.6) is 0 Å². The van der Waals surface area contributed by atoms with Gasteiger partial charge in [0, 0.05) is 36.4 Å². The fourth-order valence-corrected chi connectivity index (χ4v) is 7.48. The average Bonchev–Trinajstić information content (AvgIpc) is 3.47. The zero-order valence-electron chi connectivity index (χ0n) is 33.9. The fourth-order valence-electron chi connectivity index (χ4n) is 7.48. The number of rotatable bonds is 19. The minimum absolute atomic E-state index is 0.00447. The number of amides is 2. The number of ether oxygens (including phenoxy) is 2. The Bertz CT molecular complexity index is 1950. The minimum Gasteiger partial charge on any atom is -0.461 e. The first-order valence-electron chi connectivity index (χ1n) is 20.4. The van der Waals surface area contributed by atoms with E-state index < -0.39 is 35.9 Å². The molecule has 1 saturated carbocycles. The number of aliphatic hydroxyl groups is 3. The molecule has 5 rings (SSSR count). The van der Waals surface area contributed by atoms with E-state index in [0.717, 1.165) is 22.8 Å². The Morgan fingerprint density at radius 3 is 2.41 bits per heavy atom. The van der Waals surface area contributed by atoms with Gasteiger partial charge < -0.3 is 35.4 Å². The molecule has 0 aliphatic heterocycles. The smallest absolute Gasteiger partial charge is 0.407 e. The average molecular weight is 794 g/mol. The van der Waals surface area contributed by atoms with E-state index in [1.54, 1.807) is 63.5 Å². The molecule has 1 aromatic heterocycles. The normalized spacial score (nSPS) is 19.1. The van der Waals surface area contributed by atoms with E-state index in [9.17, 15) is 29.7 Å². The van der Waals surface area contributed by atoms with Crippen LogP contribution in [0.4, 0.5) is 10.5 Å². The topological polar surface area (TPSA) is 167 Å². The highest BCUT2D eigenvalue weighted by Gasteiger charge is 2.40. The monoisotopic (exact) mass is 793 g/mol. The number of nitrogens with one attached hydrogen (secondary N) is 2. The lowest BCUT2D eigenvalue weighted by Gasteiger charge is -2.23. The minimum atomic E-state index is -0.735. The number of benzene rings is 3. The number of hydrogen-bond acceptors (Lipinski definition) is 9. The molecular formula is C47H59N3O8. The highest BCUT2D eigenvalue weighted by Crippen LogP contribution is 2.38. The van der Waals surface area contributed by atoms with Gasteiger partial charge in [-0.05, 0) is 124 Å². The molecule has 310 valence electrons. The zero-order valence-corrected chi connectivity index (χ0v) is 33.9. The Balaban J connectivity index is 1.05. The van der Waals surface area contributed by atoms with Crippen molar-refractivity contribution < 1.29 is 39.2 Å². The van der Waals surface area contributed by atoms with Gasteiger partial charge in [0.1, 0.15) is 12.2 Å². The molecule has 58 heavy (non-hydrogen) atoms. The zero-order chi connectivity index (χ0) is 41.5. The van der Waals surface area contributed by atoms with Crippen molar-refractivity contribution in [1.29, 1.82) is 0 Å². The summed E-state index contributed by atoms with van der Waals surface area (Å²) in [5.41, 5.74) is 2.54. The third-order valence-corrected chi connectivity index (χ3v) is 10.6. The Morgan fingerprint density at radius 1 is 0.897 bits per heavy atom. The second-order valence-electron chi connectivity index (χ2n) is 16.3. The number of carbonyl (C=O) groups excluding carboxylic acids is 3. The standard InChI is InChI=1S/C47H59N3O8/c1-47(2,3)58-46(56)49-30-41(45(55)50-37-21-20-36-29-48-26-25-35(36)27-37)34-18-15-33(16-19-34)31-57-44(54)14-10-5-4-9-13-39-40(43(53)28-42(39)52)24-23-38(51)22-17-32-11-7-6-8-12-32/h4,6-9,11-12,15-16,18-21,25-27,29,38-43,51-53H,5,10,13-14,17,22-24,28,30-31H2,1-3H3,(H,49,56)(H,50,55)/t38?,39-,40-,41?,42+,43-/m1/s1. The van der Waals surface area contributed by atoms with Gasteiger partial charge in [0.05, 0.1) is 24.2 Å². The number of nitrogens with zero attached hydrogens (tertiary/aromatic N) is 1. The van der Waals surface area contributed by atoms with E-state index >= 15 is 0 Å². The van der Waals surface area contributed by atoms with Crippen LogP contribution in [0, 0.1) is 11.8 Å². The molecule has 1 fully saturated rings. The lowest BCUT2D eigenvalue weighted by Crippen LogP contribution is -2.37. The van der Waals surface area contributed by atoms with E-state index in [1.165, 1.54) is 5.56 Å². The molecule has 1 aliphatic rings. The van der Waals surface area contributed by atoms with E-state index in [1.807, 2.05) is 48.6 Å². The van der Waals surface area contributed by atoms with Crippen LogP contribution in [0.15, 0.2) is 103 Å². The highest BCUT2D eigenvalue weighted by molar-refractivity contribution is 5.98. The molecule has 2 amide bonds. The first-order chi connectivity index (χ1) is 27.8. The Morgan fingerprint density at radius 2 is 1.66 bits per heavy atom. The van der Waals surface area contributed by atoms with Crippen LogP contribution in [-0.2, 0) is 32.1 Å². The van der Waals surface area contributed by atoms with Crippen LogP contribution in [0.2, 0.25) is 0 Å². The van der Waals surface area contributed by atoms with Gasteiger partial charge in [0.25, 0.3) is 0 Å². The second kappa shape index (κ2) is 21.6. The summed E-state index contributed by atoms with van der Waals surface area (Å²) < 4.78 is 10.9. The summed E-state index contributed by atoms with van der Waals surface area (Å²) in [5, 5.41) is 39.4. The first kappa shape index (κ1) is 44.0. The number of esters is 1. The van der Waals surface area contributed by atoms with Gasteiger partial charge in [0.2, 0.25) is 5.91 Å². The predicted octanol–water partition coefficient (Wildman–Crippen LogP) is 7.77. The number of hydrogen-bond donors (Lipinski definition) is 5. The lowest BCUT2D eigenvalue weighted by atomic mass is 9.85. The summed E-state index contributed by atoms with van der Waals surface area (Å²) in [7, 11) is 0. The van der Waals surface area contributed by atoms with Crippen LogP contribution in [0.3, 0.4) is 0 Å². The predicted molar refractivity (Wildman–Crippen MR) is 225 cm³/mol. The van der Waals surface area contributed by atoms with Crippen molar-refractivity contribution in [2.75, 3.05) is 11.9 Å². The maximum atomic E-state index is 13.6.